The van der Waals surface area contributed by atoms with Gasteiger partial charge in [0.05, 0.1) is 4.90 Å². The zero-order chi connectivity index (χ0) is 21.7. The molecule has 7 nitrogen and oxygen atoms in total. The van der Waals surface area contributed by atoms with Crippen LogP contribution in [0.2, 0.25) is 0 Å². The number of guanidine groups is 1. The second kappa shape index (κ2) is 10.1. The summed E-state index contributed by atoms with van der Waals surface area (Å²) in [4.78, 5) is 6.91. The van der Waals surface area contributed by atoms with Crippen molar-refractivity contribution in [3.8, 4) is 0 Å². The summed E-state index contributed by atoms with van der Waals surface area (Å²) in [6.45, 7) is 7.60. The van der Waals surface area contributed by atoms with Crippen molar-refractivity contribution in [1.29, 1.82) is 0 Å². The Morgan fingerprint density at radius 2 is 1.70 bits per heavy atom. The summed E-state index contributed by atoms with van der Waals surface area (Å²) in [5, 5.41) is 6.87. The van der Waals surface area contributed by atoms with Gasteiger partial charge in [-0.3, -0.25) is 4.99 Å². The third-order valence-electron chi connectivity index (χ3n) is 6.24. The number of sulfonamides is 1. The first-order valence-electron chi connectivity index (χ1n) is 11.0. The average Bonchev–Trinajstić information content (AvgIpc) is 2.71. The Morgan fingerprint density at radius 1 is 1.07 bits per heavy atom. The third kappa shape index (κ3) is 5.74. The number of aliphatic imine (C=N–C) groups is 1. The molecule has 30 heavy (non-hydrogen) atoms. The Labute approximate surface area is 182 Å². The molecule has 8 heteroatoms. The van der Waals surface area contributed by atoms with E-state index in [-0.39, 0.29) is 0 Å². The molecule has 1 aromatic carbocycles. The van der Waals surface area contributed by atoms with Crippen LogP contribution in [0.4, 0.5) is 0 Å². The van der Waals surface area contributed by atoms with Crippen molar-refractivity contribution < 1.29 is 8.42 Å². The molecule has 1 saturated carbocycles. The predicted molar refractivity (Wildman–Crippen MR) is 122 cm³/mol. The molecular weight excluding hydrogens is 398 g/mol. The van der Waals surface area contributed by atoms with Crippen LogP contribution in [0, 0.1) is 11.8 Å². The van der Waals surface area contributed by atoms with Crippen molar-refractivity contribution in [1.82, 2.24) is 19.8 Å². The Bertz CT molecular complexity index is 824. The summed E-state index contributed by atoms with van der Waals surface area (Å²) in [6, 6.07) is 7.68. The quantitative estimate of drug-likeness (QED) is 0.547. The maximum absolute atomic E-state index is 13.3. The maximum Gasteiger partial charge on any atom is 0.243 e. The first-order chi connectivity index (χ1) is 14.3. The van der Waals surface area contributed by atoms with Crippen LogP contribution in [0.25, 0.3) is 0 Å². The molecule has 1 aliphatic carbocycles. The standard InChI is InChI=1S/C22H37N5O2S/c1-17-13-18(2)15-20(14-17)25-22(23-3)24-16-19-7-5-6-8-21(19)30(28,29)27-11-9-26(4)10-12-27/h5-8,17-18,20H,9-16H2,1-4H3,(H2,23,24,25). The van der Waals surface area contributed by atoms with Crippen molar-refractivity contribution in [2.45, 2.75) is 50.6 Å². The number of hydrogen-bond donors (Lipinski definition) is 2. The van der Waals surface area contributed by atoms with Gasteiger partial charge in [-0.05, 0) is 49.8 Å². The van der Waals surface area contributed by atoms with Crippen molar-refractivity contribution in [3.05, 3.63) is 29.8 Å². The van der Waals surface area contributed by atoms with E-state index in [1.807, 2.05) is 19.2 Å². The lowest BCUT2D eigenvalue weighted by atomic mass is 9.80. The van der Waals surface area contributed by atoms with Gasteiger partial charge in [0.15, 0.2) is 5.96 Å². The number of hydrogen-bond acceptors (Lipinski definition) is 4. The van der Waals surface area contributed by atoms with E-state index in [1.54, 1.807) is 23.5 Å². The highest BCUT2D eigenvalue weighted by atomic mass is 32.2. The average molecular weight is 436 g/mol. The van der Waals surface area contributed by atoms with Gasteiger partial charge in [-0.1, -0.05) is 32.0 Å². The summed E-state index contributed by atoms with van der Waals surface area (Å²) < 4.78 is 28.1. The van der Waals surface area contributed by atoms with E-state index in [0.29, 0.717) is 42.4 Å². The van der Waals surface area contributed by atoms with Gasteiger partial charge < -0.3 is 15.5 Å². The maximum atomic E-state index is 13.3. The van der Waals surface area contributed by atoms with Crippen molar-refractivity contribution in [2.24, 2.45) is 16.8 Å². The summed E-state index contributed by atoms with van der Waals surface area (Å²) >= 11 is 0. The molecule has 0 radical (unpaired) electrons. The van der Waals surface area contributed by atoms with Gasteiger partial charge >= 0.3 is 0 Å². The van der Waals surface area contributed by atoms with E-state index in [4.69, 9.17) is 0 Å². The van der Waals surface area contributed by atoms with Crippen LogP contribution in [-0.2, 0) is 16.6 Å². The lowest BCUT2D eigenvalue weighted by Crippen LogP contribution is -2.47. The Morgan fingerprint density at radius 3 is 2.33 bits per heavy atom. The molecular formula is C22H37N5O2S. The lowest BCUT2D eigenvalue weighted by Gasteiger charge is -2.33. The van der Waals surface area contributed by atoms with E-state index < -0.39 is 10.0 Å². The monoisotopic (exact) mass is 435 g/mol. The highest BCUT2D eigenvalue weighted by molar-refractivity contribution is 7.89. The van der Waals surface area contributed by atoms with Crippen molar-refractivity contribution >= 4 is 16.0 Å². The first-order valence-corrected chi connectivity index (χ1v) is 12.5. The van der Waals surface area contributed by atoms with E-state index >= 15 is 0 Å². The van der Waals surface area contributed by atoms with E-state index in [9.17, 15) is 8.42 Å². The smallest absolute Gasteiger partial charge is 0.243 e. The molecule has 2 fully saturated rings. The van der Waals surface area contributed by atoms with Crippen LogP contribution in [0.3, 0.4) is 0 Å². The van der Waals surface area contributed by atoms with Gasteiger partial charge in [0.25, 0.3) is 0 Å². The van der Waals surface area contributed by atoms with Gasteiger partial charge in [0, 0.05) is 45.8 Å². The second-order valence-electron chi connectivity index (χ2n) is 9.00. The third-order valence-corrected chi connectivity index (χ3v) is 8.24. The van der Waals surface area contributed by atoms with Crippen molar-refractivity contribution in [2.75, 3.05) is 40.3 Å². The lowest BCUT2D eigenvalue weighted by molar-refractivity contribution is 0.222. The molecule has 2 atom stereocenters. The molecule has 2 unspecified atom stereocenters. The molecule has 0 spiro atoms. The molecule has 2 aliphatic rings. The normalized spacial score (nSPS) is 27.1. The molecule has 1 saturated heterocycles. The van der Waals surface area contributed by atoms with Crippen LogP contribution in [0.1, 0.15) is 38.7 Å². The fraction of sp³-hybridized carbons (Fsp3) is 0.682. The first kappa shape index (κ1) is 23.0. The van der Waals surface area contributed by atoms with Gasteiger partial charge in [0.2, 0.25) is 10.0 Å². The SMILES string of the molecule is CN=C(NCc1ccccc1S(=O)(=O)N1CCN(C)CC1)NC1CC(C)CC(C)C1. The molecule has 1 aliphatic heterocycles. The minimum Gasteiger partial charge on any atom is -0.354 e. The van der Waals surface area contributed by atoms with E-state index in [2.05, 4.69) is 34.4 Å². The Hall–Kier alpha value is -1.64. The summed E-state index contributed by atoms with van der Waals surface area (Å²) in [6.07, 6.45) is 3.56. The number of benzene rings is 1. The molecule has 1 heterocycles. The number of nitrogens with zero attached hydrogens (tertiary/aromatic N) is 3. The Kier molecular flexibility index (Phi) is 7.76. The number of nitrogens with one attached hydrogen (secondary N) is 2. The predicted octanol–water partition coefficient (Wildman–Crippen LogP) is 2.11. The number of piperazine rings is 1. The molecule has 0 amide bonds. The van der Waals surface area contributed by atoms with Gasteiger partial charge in [-0.2, -0.15) is 4.31 Å². The highest BCUT2D eigenvalue weighted by Crippen LogP contribution is 2.28. The van der Waals surface area contributed by atoms with Crippen LogP contribution >= 0.6 is 0 Å². The Balaban J connectivity index is 1.67. The van der Waals surface area contributed by atoms with Crippen LogP contribution in [-0.4, -0.2) is 69.9 Å². The van der Waals surface area contributed by atoms with Gasteiger partial charge in [0.1, 0.15) is 0 Å². The minimum atomic E-state index is -3.51. The zero-order valence-electron chi connectivity index (χ0n) is 18.8. The molecule has 168 valence electrons. The largest absolute Gasteiger partial charge is 0.354 e. The summed E-state index contributed by atoms with van der Waals surface area (Å²) in [7, 11) is 0.278. The van der Waals surface area contributed by atoms with E-state index in [1.165, 1.54) is 6.42 Å². The second-order valence-corrected chi connectivity index (χ2v) is 10.9. The molecule has 0 bridgehead atoms. The summed E-state index contributed by atoms with van der Waals surface area (Å²) in [5.74, 6) is 2.14. The van der Waals surface area contributed by atoms with Gasteiger partial charge in [-0.15, -0.1) is 0 Å². The fourth-order valence-corrected chi connectivity index (χ4v) is 6.35. The number of likely N-dealkylation sites (N-methyl/N-ethyl adjacent to an activating group) is 1. The molecule has 3 rings (SSSR count). The van der Waals surface area contributed by atoms with E-state index in [0.717, 1.165) is 37.5 Å². The molecule has 1 aromatic rings. The van der Waals surface area contributed by atoms with Crippen molar-refractivity contribution in [3.63, 3.8) is 0 Å². The molecule has 2 N–H and O–H groups in total. The fourth-order valence-electron chi connectivity index (χ4n) is 4.70. The topological polar surface area (TPSA) is 77.0 Å². The summed E-state index contributed by atoms with van der Waals surface area (Å²) in [5.41, 5.74) is 0.768. The number of rotatable bonds is 5. The van der Waals surface area contributed by atoms with Crippen LogP contribution in [0.15, 0.2) is 34.2 Å². The highest BCUT2D eigenvalue weighted by Gasteiger charge is 2.29. The van der Waals surface area contributed by atoms with Crippen LogP contribution in [0.5, 0.6) is 0 Å². The van der Waals surface area contributed by atoms with Gasteiger partial charge in [-0.25, -0.2) is 8.42 Å². The molecule has 0 aromatic heterocycles. The zero-order valence-corrected chi connectivity index (χ0v) is 19.6. The minimum absolute atomic E-state index is 0.386. The van der Waals surface area contributed by atoms with Crippen LogP contribution < -0.4 is 10.6 Å².